The number of amides is 3. The Bertz CT molecular complexity index is 1800. The lowest BCUT2D eigenvalue weighted by Gasteiger charge is -2.28. The topological polar surface area (TPSA) is 153 Å². The fraction of sp³-hybridized carbons (Fsp3) is 0.152. The molecule has 10 nitrogen and oxygen atoms in total. The molecule has 5 rings (SSSR count). The van der Waals surface area contributed by atoms with Crippen molar-refractivity contribution in [2.24, 2.45) is 0 Å². The van der Waals surface area contributed by atoms with Crippen LogP contribution in [-0.2, 0) is 20.9 Å². The third kappa shape index (κ3) is 5.95. The number of anilines is 2. The van der Waals surface area contributed by atoms with Gasteiger partial charge in [-0.1, -0.05) is 72.4 Å². The van der Waals surface area contributed by atoms with Crippen LogP contribution in [0.15, 0.2) is 90.0 Å². The molecule has 3 amide bonds. The first-order valence-electron chi connectivity index (χ1n) is 13.5. The Hall–Kier alpha value is -5.65. The van der Waals surface area contributed by atoms with Gasteiger partial charge in [-0.05, 0) is 35.4 Å². The molecule has 0 aliphatic carbocycles. The molecule has 1 atom stereocenters. The lowest BCUT2D eigenvalue weighted by atomic mass is 9.97. The molecule has 1 unspecified atom stereocenters. The normalized spacial score (nSPS) is 14.2. The van der Waals surface area contributed by atoms with Crippen LogP contribution in [0.4, 0.5) is 11.5 Å². The van der Waals surface area contributed by atoms with Crippen molar-refractivity contribution in [2.75, 3.05) is 23.5 Å². The van der Waals surface area contributed by atoms with Crippen molar-refractivity contribution < 1.29 is 19.1 Å². The highest BCUT2D eigenvalue weighted by Crippen LogP contribution is 2.36. The maximum absolute atomic E-state index is 13.9. The predicted octanol–water partition coefficient (Wildman–Crippen LogP) is 4.54. The van der Waals surface area contributed by atoms with Gasteiger partial charge < -0.3 is 15.4 Å². The standard InChI is InChI=1S/C33H26N6O4S/c1-43-24-14-12-23(13-15-24)39-28(40)16-27(33(39)42)38(19-21-8-4-2-5-9-21)29(41)20-44-32-26(18-35)30(22-10-6-3-7-11-22)25(17-34)31(36)37-32/h2-15,27H,16,19-20H2,1H3,(H2,36,37). The Labute approximate surface area is 258 Å². The number of imide groups is 1. The zero-order chi connectivity index (χ0) is 31.2. The number of hydrogen-bond donors (Lipinski definition) is 1. The van der Waals surface area contributed by atoms with Crippen LogP contribution in [0.1, 0.15) is 23.1 Å². The number of carbonyl (C=O) groups is 3. The first kappa shape index (κ1) is 29.8. The first-order valence-corrected chi connectivity index (χ1v) is 14.5. The van der Waals surface area contributed by atoms with Gasteiger partial charge >= 0.3 is 0 Å². The molecule has 1 aromatic heterocycles. The summed E-state index contributed by atoms with van der Waals surface area (Å²) in [5, 5.41) is 20.1. The van der Waals surface area contributed by atoms with E-state index < -0.39 is 23.8 Å². The summed E-state index contributed by atoms with van der Waals surface area (Å²) in [6.07, 6.45) is -0.183. The Morgan fingerprint density at radius 3 is 2.25 bits per heavy atom. The number of nitrogen functional groups attached to an aromatic ring is 1. The minimum absolute atomic E-state index is 0.0619. The van der Waals surface area contributed by atoms with Crippen molar-refractivity contribution >= 4 is 41.0 Å². The smallest absolute Gasteiger partial charge is 0.257 e. The van der Waals surface area contributed by atoms with Crippen LogP contribution in [0, 0.1) is 22.7 Å². The Morgan fingerprint density at radius 2 is 1.64 bits per heavy atom. The summed E-state index contributed by atoms with van der Waals surface area (Å²) in [6.45, 7) is 0.0870. The Morgan fingerprint density at radius 1 is 1.00 bits per heavy atom. The second-order valence-corrected chi connectivity index (χ2v) is 10.8. The van der Waals surface area contributed by atoms with Gasteiger partial charge in [-0.25, -0.2) is 9.88 Å². The quantitative estimate of drug-likeness (QED) is 0.215. The molecule has 1 saturated heterocycles. The van der Waals surface area contributed by atoms with Crippen molar-refractivity contribution in [1.29, 1.82) is 10.5 Å². The van der Waals surface area contributed by atoms with Crippen LogP contribution in [0.5, 0.6) is 5.75 Å². The summed E-state index contributed by atoms with van der Waals surface area (Å²) in [5.41, 5.74) is 8.44. The molecule has 0 bridgehead atoms. The van der Waals surface area contributed by atoms with Crippen LogP contribution in [0.2, 0.25) is 0 Å². The van der Waals surface area contributed by atoms with E-state index in [2.05, 4.69) is 11.1 Å². The summed E-state index contributed by atoms with van der Waals surface area (Å²) < 4.78 is 5.18. The third-order valence-electron chi connectivity index (χ3n) is 7.16. The Balaban J connectivity index is 1.45. The maximum atomic E-state index is 13.9. The van der Waals surface area contributed by atoms with Gasteiger partial charge in [-0.3, -0.25) is 14.4 Å². The van der Waals surface area contributed by atoms with Gasteiger partial charge in [0, 0.05) is 12.1 Å². The fourth-order valence-corrected chi connectivity index (χ4v) is 5.90. The predicted molar refractivity (Wildman–Crippen MR) is 165 cm³/mol. The molecule has 218 valence electrons. The molecule has 1 aliphatic heterocycles. The minimum atomic E-state index is -1.03. The number of carbonyl (C=O) groups excluding carboxylic acids is 3. The van der Waals surface area contributed by atoms with Crippen LogP contribution in [0.3, 0.4) is 0 Å². The maximum Gasteiger partial charge on any atom is 0.257 e. The highest BCUT2D eigenvalue weighted by Gasteiger charge is 2.44. The Kier molecular flexibility index (Phi) is 8.89. The number of thioether (sulfide) groups is 1. The summed E-state index contributed by atoms with van der Waals surface area (Å²) >= 11 is 0.985. The fourth-order valence-electron chi connectivity index (χ4n) is 5.02. The van der Waals surface area contributed by atoms with E-state index >= 15 is 0 Å². The third-order valence-corrected chi connectivity index (χ3v) is 8.12. The second kappa shape index (κ2) is 13.1. The van der Waals surface area contributed by atoms with E-state index in [-0.39, 0.29) is 40.7 Å². The van der Waals surface area contributed by atoms with E-state index in [4.69, 9.17) is 10.5 Å². The van der Waals surface area contributed by atoms with Crippen molar-refractivity contribution in [3.63, 3.8) is 0 Å². The molecule has 4 aromatic rings. The van der Waals surface area contributed by atoms with E-state index in [1.54, 1.807) is 48.5 Å². The molecule has 1 fully saturated rings. The number of rotatable bonds is 9. The van der Waals surface area contributed by atoms with Gasteiger partial charge in [-0.15, -0.1) is 0 Å². The molecule has 3 aromatic carbocycles. The lowest BCUT2D eigenvalue weighted by Crippen LogP contribution is -2.45. The van der Waals surface area contributed by atoms with Crippen molar-refractivity contribution in [3.8, 4) is 29.0 Å². The van der Waals surface area contributed by atoms with Crippen LogP contribution in [0.25, 0.3) is 11.1 Å². The summed E-state index contributed by atoms with van der Waals surface area (Å²) in [7, 11) is 1.52. The molecular formula is C33H26N6O4S. The summed E-state index contributed by atoms with van der Waals surface area (Å²) in [6, 6.07) is 27.7. The average Bonchev–Trinajstić information content (AvgIpc) is 3.35. The average molecular weight is 603 g/mol. The van der Waals surface area contributed by atoms with Gasteiger partial charge in [-0.2, -0.15) is 10.5 Å². The molecule has 2 N–H and O–H groups in total. The van der Waals surface area contributed by atoms with Gasteiger partial charge in [0.05, 0.1) is 30.5 Å². The van der Waals surface area contributed by atoms with Crippen LogP contribution >= 0.6 is 11.8 Å². The van der Waals surface area contributed by atoms with Crippen molar-refractivity contribution in [2.45, 2.75) is 24.0 Å². The number of benzene rings is 3. The number of pyridine rings is 1. The minimum Gasteiger partial charge on any atom is -0.497 e. The number of ether oxygens (including phenoxy) is 1. The zero-order valence-corrected chi connectivity index (χ0v) is 24.5. The van der Waals surface area contributed by atoms with Gasteiger partial charge in [0.2, 0.25) is 11.8 Å². The highest BCUT2D eigenvalue weighted by molar-refractivity contribution is 8.00. The molecular weight excluding hydrogens is 576 g/mol. The number of nitrogens with zero attached hydrogens (tertiary/aromatic N) is 5. The molecule has 44 heavy (non-hydrogen) atoms. The van der Waals surface area contributed by atoms with Gasteiger partial charge in [0.15, 0.2) is 0 Å². The molecule has 0 saturated carbocycles. The molecule has 2 heterocycles. The SMILES string of the molecule is COc1ccc(N2C(=O)CC(N(Cc3ccccc3)C(=O)CSc3nc(N)c(C#N)c(-c4ccccc4)c3C#N)C2=O)cc1. The van der Waals surface area contributed by atoms with Crippen molar-refractivity contribution in [1.82, 2.24) is 9.88 Å². The van der Waals surface area contributed by atoms with E-state index in [0.29, 0.717) is 22.6 Å². The number of hydrogen-bond acceptors (Lipinski definition) is 9. The number of nitriles is 2. The number of nitrogens with two attached hydrogens (primary N) is 1. The number of aromatic nitrogens is 1. The molecule has 11 heteroatoms. The van der Waals surface area contributed by atoms with Crippen molar-refractivity contribution in [3.05, 3.63) is 102 Å². The number of methoxy groups -OCH3 is 1. The molecule has 0 spiro atoms. The lowest BCUT2D eigenvalue weighted by molar-refractivity contribution is -0.136. The summed E-state index contributed by atoms with van der Waals surface area (Å²) in [4.78, 5) is 47.4. The monoisotopic (exact) mass is 602 g/mol. The first-order chi connectivity index (χ1) is 21.4. The molecule has 0 radical (unpaired) electrons. The molecule has 1 aliphatic rings. The van der Waals surface area contributed by atoms with Gasteiger partial charge in [0.1, 0.15) is 40.3 Å². The van der Waals surface area contributed by atoms with E-state index in [1.165, 1.54) is 12.0 Å². The van der Waals surface area contributed by atoms with E-state index in [1.807, 2.05) is 42.5 Å². The van der Waals surface area contributed by atoms with Crippen LogP contribution in [-0.4, -0.2) is 46.5 Å². The van der Waals surface area contributed by atoms with E-state index in [0.717, 1.165) is 22.2 Å². The highest BCUT2D eigenvalue weighted by atomic mass is 32.2. The zero-order valence-electron chi connectivity index (χ0n) is 23.6. The van der Waals surface area contributed by atoms with E-state index in [9.17, 15) is 24.9 Å². The summed E-state index contributed by atoms with van der Waals surface area (Å²) in [5.74, 6) is -1.06. The van der Waals surface area contributed by atoms with Gasteiger partial charge in [0.25, 0.3) is 5.91 Å². The largest absolute Gasteiger partial charge is 0.497 e. The second-order valence-electron chi connectivity index (χ2n) is 9.80. The van der Waals surface area contributed by atoms with Crippen LogP contribution < -0.4 is 15.4 Å².